The number of rotatable bonds is 11. The third kappa shape index (κ3) is 5.67. The van der Waals surface area contributed by atoms with Crippen LogP contribution < -0.4 is 15.0 Å². The summed E-state index contributed by atoms with van der Waals surface area (Å²) in [7, 11) is 1.56. The van der Waals surface area contributed by atoms with Gasteiger partial charge in [-0.2, -0.15) is 0 Å². The number of para-hydroxylation sites is 1. The van der Waals surface area contributed by atoms with Crippen LogP contribution in [-0.2, 0) is 23.4 Å². The van der Waals surface area contributed by atoms with Crippen molar-refractivity contribution in [3.05, 3.63) is 108 Å². The standard InChI is InChI=1S/C32H33N5O5/c1-22(8-6-7-18-36-21-25(17-19-38)34-35-36)32(41)28-20-24(33-30(39)23-11-14-27(42-2)15-12-23)13-16-29(28)37(31(32)40)26-9-4-3-5-10-26/h3-6,8-16,20-22,38,41H,7,17-19H2,1-2H3,(H,33,39)/b8-6+/t22-,32+/m1/s1. The second kappa shape index (κ2) is 12.4. The van der Waals surface area contributed by atoms with Crippen LogP contribution >= 0.6 is 0 Å². The number of fused-ring (bicyclic) bond motifs is 1. The monoisotopic (exact) mass is 567 g/mol. The van der Waals surface area contributed by atoms with Crippen LogP contribution in [0.1, 0.15) is 35.0 Å². The van der Waals surface area contributed by atoms with Gasteiger partial charge in [-0.3, -0.25) is 19.2 Å². The molecule has 0 spiro atoms. The molecule has 2 heterocycles. The van der Waals surface area contributed by atoms with Gasteiger partial charge in [-0.05, 0) is 61.0 Å². The highest BCUT2D eigenvalue weighted by Crippen LogP contribution is 2.49. The van der Waals surface area contributed by atoms with Crippen molar-refractivity contribution in [2.24, 2.45) is 5.92 Å². The third-order valence-corrected chi connectivity index (χ3v) is 7.36. The molecule has 0 saturated heterocycles. The van der Waals surface area contributed by atoms with E-state index in [9.17, 15) is 14.7 Å². The maximum Gasteiger partial charge on any atom is 0.268 e. The van der Waals surface area contributed by atoms with E-state index < -0.39 is 17.4 Å². The molecule has 216 valence electrons. The number of aryl methyl sites for hydroxylation is 1. The molecule has 0 unspecified atom stereocenters. The van der Waals surface area contributed by atoms with E-state index in [4.69, 9.17) is 9.84 Å². The Morgan fingerprint density at radius 3 is 2.60 bits per heavy atom. The van der Waals surface area contributed by atoms with Gasteiger partial charge in [0.05, 0.1) is 18.5 Å². The highest BCUT2D eigenvalue weighted by atomic mass is 16.5. The lowest BCUT2D eigenvalue weighted by Crippen LogP contribution is -2.42. The molecule has 3 N–H and O–H groups in total. The molecule has 4 aromatic rings. The van der Waals surface area contributed by atoms with Crippen molar-refractivity contribution in [3.63, 3.8) is 0 Å². The Morgan fingerprint density at radius 2 is 1.88 bits per heavy atom. The smallest absolute Gasteiger partial charge is 0.268 e. The Hall–Kier alpha value is -4.80. The highest BCUT2D eigenvalue weighted by molar-refractivity contribution is 6.13. The van der Waals surface area contributed by atoms with E-state index >= 15 is 0 Å². The molecule has 10 nitrogen and oxygen atoms in total. The quantitative estimate of drug-likeness (QED) is 0.231. The van der Waals surface area contributed by atoms with E-state index in [-0.39, 0.29) is 12.5 Å². The van der Waals surface area contributed by atoms with Crippen molar-refractivity contribution in [2.45, 2.75) is 31.9 Å². The fourth-order valence-corrected chi connectivity index (χ4v) is 5.05. The number of allylic oxidation sites excluding steroid dienone is 1. The molecular weight excluding hydrogens is 534 g/mol. The summed E-state index contributed by atoms with van der Waals surface area (Å²) in [6, 6.07) is 21.0. The summed E-state index contributed by atoms with van der Waals surface area (Å²) in [5.41, 5.74) is 1.34. The van der Waals surface area contributed by atoms with Crippen LogP contribution in [0.3, 0.4) is 0 Å². The van der Waals surface area contributed by atoms with Gasteiger partial charge in [0.2, 0.25) is 0 Å². The van der Waals surface area contributed by atoms with E-state index in [1.807, 2.05) is 42.5 Å². The average molecular weight is 568 g/mol. The number of nitrogens with zero attached hydrogens (tertiary/aromatic N) is 4. The number of hydrogen-bond donors (Lipinski definition) is 3. The summed E-state index contributed by atoms with van der Waals surface area (Å²) < 4.78 is 6.86. The minimum Gasteiger partial charge on any atom is -0.497 e. The summed E-state index contributed by atoms with van der Waals surface area (Å²) in [5.74, 6) is -0.743. The second-order valence-corrected chi connectivity index (χ2v) is 10.1. The van der Waals surface area contributed by atoms with Crippen molar-refractivity contribution in [3.8, 4) is 5.75 Å². The number of benzene rings is 3. The topological polar surface area (TPSA) is 130 Å². The van der Waals surface area contributed by atoms with Gasteiger partial charge >= 0.3 is 0 Å². The molecule has 0 saturated carbocycles. The number of nitrogens with one attached hydrogen (secondary N) is 1. The SMILES string of the molecule is COc1ccc(C(=O)Nc2ccc3c(c2)[C@@](O)([C@H](C)/C=C/CCn2cc(CCO)nn2)C(=O)N3c2ccccc2)cc1. The van der Waals surface area contributed by atoms with Crippen LogP contribution in [0.15, 0.2) is 91.1 Å². The first-order valence-corrected chi connectivity index (χ1v) is 13.7. The number of methoxy groups -OCH3 is 1. The molecular formula is C32H33N5O5. The van der Waals surface area contributed by atoms with Crippen LogP contribution in [0.5, 0.6) is 5.75 Å². The van der Waals surface area contributed by atoms with E-state index in [2.05, 4.69) is 15.6 Å². The number of aliphatic hydroxyl groups excluding tert-OH is 1. The number of carbonyl (C=O) groups is 2. The van der Waals surface area contributed by atoms with Crippen molar-refractivity contribution < 1.29 is 24.5 Å². The molecule has 0 radical (unpaired) electrons. The third-order valence-electron chi connectivity index (χ3n) is 7.36. The fourth-order valence-electron chi connectivity index (χ4n) is 5.05. The Labute approximate surface area is 243 Å². The Balaban J connectivity index is 1.41. The molecule has 2 atom stereocenters. The van der Waals surface area contributed by atoms with E-state index in [0.717, 1.165) is 0 Å². The highest BCUT2D eigenvalue weighted by Gasteiger charge is 2.53. The number of carbonyl (C=O) groups excluding carboxylic acids is 2. The number of anilines is 3. The van der Waals surface area contributed by atoms with E-state index in [0.29, 0.717) is 59.0 Å². The summed E-state index contributed by atoms with van der Waals surface area (Å²) >= 11 is 0. The predicted molar refractivity (Wildman–Crippen MR) is 159 cm³/mol. The zero-order chi connectivity index (χ0) is 29.7. The van der Waals surface area contributed by atoms with E-state index in [1.54, 1.807) is 67.4 Å². The Bertz CT molecular complexity index is 1580. The van der Waals surface area contributed by atoms with Crippen LogP contribution in [0.2, 0.25) is 0 Å². The van der Waals surface area contributed by atoms with Crippen LogP contribution in [0, 0.1) is 5.92 Å². The first-order valence-electron chi connectivity index (χ1n) is 13.7. The molecule has 0 aliphatic carbocycles. The van der Waals surface area contributed by atoms with Crippen molar-refractivity contribution >= 4 is 28.9 Å². The van der Waals surface area contributed by atoms with Gasteiger partial charge in [0.15, 0.2) is 5.60 Å². The first kappa shape index (κ1) is 28.7. The number of amides is 2. The van der Waals surface area contributed by atoms with Gasteiger partial charge in [0, 0.05) is 54.2 Å². The fraction of sp³-hybridized carbons (Fsp3) is 0.250. The minimum atomic E-state index is -1.87. The maximum absolute atomic E-state index is 14.0. The van der Waals surface area contributed by atoms with E-state index in [1.165, 1.54) is 4.90 Å². The molecule has 5 rings (SSSR count). The van der Waals surface area contributed by atoms with Crippen molar-refractivity contribution in [2.75, 3.05) is 23.9 Å². The largest absolute Gasteiger partial charge is 0.497 e. The summed E-state index contributed by atoms with van der Waals surface area (Å²) in [4.78, 5) is 28.4. The van der Waals surface area contributed by atoms with Crippen LogP contribution in [0.4, 0.5) is 17.1 Å². The van der Waals surface area contributed by atoms with Gasteiger partial charge in [-0.1, -0.05) is 42.5 Å². The lowest BCUT2D eigenvalue weighted by atomic mass is 9.82. The molecule has 3 aromatic carbocycles. The number of aromatic nitrogens is 3. The number of hydrogen-bond acceptors (Lipinski definition) is 7. The summed E-state index contributed by atoms with van der Waals surface area (Å²) in [6.07, 6.45) is 6.57. The zero-order valence-corrected chi connectivity index (χ0v) is 23.5. The lowest BCUT2D eigenvalue weighted by molar-refractivity contribution is -0.138. The van der Waals surface area contributed by atoms with Crippen molar-refractivity contribution in [1.82, 2.24) is 15.0 Å². The average Bonchev–Trinajstić information content (AvgIpc) is 3.55. The second-order valence-electron chi connectivity index (χ2n) is 10.1. The summed E-state index contributed by atoms with van der Waals surface area (Å²) in [6.45, 7) is 2.36. The van der Waals surface area contributed by atoms with Crippen molar-refractivity contribution in [1.29, 1.82) is 0 Å². The molecule has 2 amide bonds. The molecule has 10 heteroatoms. The molecule has 0 fully saturated rings. The molecule has 42 heavy (non-hydrogen) atoms. The Kier molecular flexibility index (Phi) is 8.46. The number of aliphatic hydroxyl groups is 2. The zero-order valence-electron chi connectivity index (χ0n) is 23.5. The minimum absolute atomic E-state index is 0.0110. The molecule has 1 aromatic heterocycles. The predicted octanol–water partition coefficient (Wildman–Crippen LogP) is 4.22. The van der Waals surface area contributed by atoms with Gasteiger partial charge in [-0.25, -0.2) is 0 Å². The van der Waals surface area contributed by atoms with Gasteiger partial charge in [0.25, 0.3) is 11.8 Å². The molecule has 1 aliphatic rings. The Morgan fingerprint density at radius 1 is 1.12 bits per heavy atom. The summed E-state index contributed by atoms with van der Waals surface area (Å²) in [5, 5.41) is 32.2. The maximum atomic E-state index is 14.0. The van der Waals surface area contributed by atoms with Gasteiger partial charge in [0.1, 0.15) is 5.75 Å². The molecule has 0 bridgehead atoms. The number of ether oxygens (including phenoxy) is 1. The molecule has 1 aliphatic heterocycles. The first-order chi connectivity index (χ1) is 20.3. The lowest BCUT2D eigenvalue weighted by Gasteiger charge is -2.27. The normalized spacial score (nSPS) is 17.0. The van der Waals surface area contributed by atoms with Crippen LogP contribution in [0.25, 0.3) is 0 Å². The van der Waals surface area contributed by atoms with Gasteiger partial charge in [-0.15, -0.1) is 5.10 Å². The van der Waals surface area contributed by atoms with Gasteiger partial charge < -0.3 is 20.3 Å². The van der Waals surface area contributed by atoms with Crippen LogP contribution in [-0.4, -0.2) is 50.7 Å².